The molecule has 1 fully saturated rings. The summed E-state index contributed by atoms with van der Waals surface area (Å²) in [6, 6.07) is 3.42. The van der Waals surface area contributed by atoms with Crippen molar-refractivity contribution in [2.75, 3.05) is 40.4 Å². The van der Waals surface area contributed by atoms with Gasteiger partial charge in [0.15, 0.2) is 11.5 Å². The van der Waals surface area contributed by atoms with Crippen molar-refractivity contribution in [2.45, 2.75) is 33.1 Å². The zero-order valence-electron chi connectivity index (χ0n) is 16.7. The Morgan fingerprint density at radius 2 is 2.00 bits per heavy atom. The fourth-order valence-electron chi connectivity index (χ4n) is 3.19. The number of halogens is 2. The third-order valence-electron chi connectivity index (χ3n) is 4.74. The second-order valence-corrected chi connectivity index (χ2v) is 7.73. The first-order chi connectivity index (χ1) is 12.5. The van der Waals surface area contributed by atoms with Gasteiger partial charge in [0.2, 0.25) is 0 Å². The van der Waals surface area contributed by atoms with Crippen LogP contribution in [0.5, 0.6) is 11.5 Å². The molecule has 154 valence electrons. The van der Waals surface area contributed by atoms with Gasteiger partial charge in [-0.15, -0.1) is 12.4 Å². The molecule has 0 unspecified atom stereocenters. The van der Waals surface area contributed by atoms with Crippen LogP contribution in [0.1, 0.15) is 43.5 Å². The number of carbonyl (C=O) groups is 1. The van der Waals surface area contributed by atoms with Crippen LogP contribution in [0.2, 0.25) is 5.02 Å². The molecule has 7 heteroatoms. The second-order valence-electron chi connectivity index (χ2n) is 7.32. The molecule has 0 aromatic heterocycles. The van der Waals surface area contributed by atoms with E-state index >= 15 is 0 Å². The van der Waals surface area contributed by atoms with Gasteiger partial charge in [-0.05, 0) is 56.8 Å². The van der Waals surface area contributed by atoms with Crippen molar-refractivity contribution in [1.82, 2.24) is 10.2 Å². The van der Waals surface area contributed by atoms with Crippen molar-refractivity contribution in [1.29, 1.82) is 0 Å². The number of nitrogens with one attached hydrogen (secondary N) is 1. The minimum absolute atomic E-state index is 0. The normalized spacial score (nSPS) is 14.8. The first-order valence-electron chi connectivity index (χ1n) is 9.40. The number of hydrogen-bond acceptors (Lipinski definition) is 4. The van der Waals surface area contributed by atoms with E-state index in [9.17, 15) is 4.79 Å². The van der Waals surface area contributed by atoms with Crippen molar-refractivity contribution >= 4 is 29.9 Å². The average Bonchev–Trinajstić information content (AvgIpc) is 2.64. The maximum Gasteiger partial charge on any atom is 0.254 e. The van der Waals surface area contributed by atoms with E-state index in [2.05, 4.69) is 19.2 Å². The van der Waals surface area contributed by atoms with Gasteiger partial charge in [0.25, 0.3) is 5.91 Å². The van der Waals surface area contributed by atoms with E-state index in [1.165, 1.54) is 6.42 Å². The monoisotopic (exact) mass is 418 g/mol. The highest BCUT2D eigenvalue weighted by atomic mass is 35.5. The number of ether oxygens (including phenoxy) is 2. The summed E-state index contributed by atoms with van der Waals surface area (Å²) in [5, 5.41) is 3.61. The van der Waals surface area contributed by atoms with E-state index in [0.717, 1.165) is 32.5 Å². The molecular weight excluding hydrogens is 387 g/mol. The van der Waals surface area contributed by atoms with Crippen LogP contribution in [0.3, 0.4) is 0 Å². The Balaban J connectivity index is 0.00000364. The number of carbonyl (C=O) groups excluding carboxylic acids is 1. The number of rotatable bonds is 8. The number of nitrogens with zero attached hydrogens (tertiary/aromatic N) is 1. The van der Waals surface area contributed by atoms with E-state index < -0.39 is 0 Å². The Morgan fingerprint density at radius 3 is 2.56 bits per heavy atom. The molecule has 0 aliphatic carbocycles. The Kier molecular flexibility index (Phi) is 10.3. The van der Waals surface area contributed by atoms with Crippen LogP contribution in [0.15, 0.2) is 12.1 Å². The summed E-state index contributed by atoms with van der Waals surface area (Å²) in [4.78, 5) is 14.8. The standard InChI is InChI=1S/C20H31ClN2O3.ClH/c1-14(2)13-26-19-17(21)11-16(12-18(19)25-4)20(24)23-9-6-15(7-10-23)5-8-22-3;/h11-12,14-15,22H,5-10,13H2,1-4H3;1H. The lowest BCUT2D eigenvalue weighted by Crippen LogP contribution is -2.39. The number of hydrogen-bond donors (Lipinski definition) is 1. The van der Waals surface area contributed by atoms with Crippen LogP contribution in [0.4, 0.5) is 0 Å². The summed E-state index contributed by atoms with van der Waals surface area (Å²) in [5.41, 5.74) is 0.553. The Morgan fingerprint density at radius 1 is 1.33 bits per heavy atom. The minimum atomic E-state index is 0. The molecule has 0 radical (unpaired) electrons. The molecule has 2 rings (SSSR count). The Hall–Kier alpha value is -1.17. The molecule has 1 aromatic rings. The highest BCUT2D eigenvalue weighted by Gasteiger charge is 2.25. The lowest BCUT2D eigenvalue weighted by atomic mass is 9.93. The van der Waals surface area contributed by atoms with Crippen LogP contribution in [0, 0.1) is 11.8 Å². The quantitative estimate of drug-likeness (QED) is 0.684. The fourth-order valence-corrected chi connectivity index (χ4v) is 3.45. The van der Waals surface area contributed by atoms with Gasteiger partial charge in [-0.1, -0.05) is 25.4 Å². The average molecular weight is 419 g/mol. The summed E-state index contributed by atoms with van der Waals surface area (Å²) in [7, 11) is 3.54. The predicted molar refractivity (Wildman–Crippen MR) is 113 cm³/mol. The van der Waals surface area contributed by atoms with Gasteiger partial charge < -0.3 is 19.7 Å². The van der Waals surface area contributed by atoms with Gasteiger partial charge in [0.1, 0.15) is 0 Å². The third-order valence-corrected chi connectivity index (χ3v) is 5.02. The van der Waals surface area contributed by atoms with Gasteiger partial charge in [-0.3, -0.25) is 4.79 Å². The number of amides is 1. The first kappa shape index (κ1) is 23.9. The van der Waals surface area contributed by atoms with E-state index in [4.69, 9.17) is 21.1 Å². The van der Waals surface area contributed by atoms with Gasteiger partial charge in [0.05, 0.1) is 18.7 Å². The van der Waals surface area contributed by atoms with Crippen LogP contribution >= 0.6 is 24.0 Å². The van der Waals surface area contributed by atoms with Gasteiger partial charge in [-0.2, -0.15) is 0 Å². The molecule has 1 amide bonds. The molecule has 1 aromatic carbocycles. The van der Waals surface area contributed by atoms with Crippen LogP contribution < -0.4 is 14.8 Å². The Labute approximate surface area is 174 Å². The highest BCUT2D eigenvalue weighted by Crippen LogP contribution is 2.37. The van der Waals surface area contributed by atoms with E-state index in [0.29, 0.717) is 40.5 Å². The molecule has 27 heavy (non-hydrogen) atoms. The lowest BCUT2D eigenvalue weighted by molar-refractivity contribution is 0.0686. The van der Waals surface area contributed by atoms with Crippen LogP contribution in [-0.2, 0) is 0 Å². The molecule has 1 aliphatic heterocycles. The zero-order chi connectivity index (χ0) is 19.1. The molecule has 1 saturated heterocycles. The maximum atomic E-state index is 12.9. The number of methoxy groups -OCH3 is 1. The summed E-state index contributed by atoms with van der Waals surface area (Å²) >= 11 is 6.38. The lowest BCUT2D eigenvalue weighted by Gasteiger charge is -2.32. The smallest absolute Gasteiger partial charge is 0.254 e. The molecule has 5 nitrogen and oxygen atoms in total. The minimum Gasteiger partial charge on any atom is -0.493 e. The van der Waals surface area contributed by atoms with E-state index in [1.807, 2.05) is 11.9 Å². The van der Waals surface area contributed by atoms with Crippen molar-refractivity contribution < 1.29 is 14.3 Å². The second kappa shape index (κ2) is 11.6. The van der Waals surface area contributed by atoms with Crippen molar-refractivity contribution in [2.24, 2.45) is 11.8 Å². The SMILES string of the molecule is CNCCC1CCN(C(=O)c2cc(Cl)c(OCC(C)C)c(OC)c2)CC1.Cl. The number of benzene rings is 1. The van der Waals surface area contributed by atoms with Gasteiger partial charge >= 0.3 is 0 Å². The fraction of sp³-hybridized carbons (Fsp3) is 0.650. The number of piperidine rings is 1. The van der Waals surface area contributed by atoms with Gasteiger partial charge in [0, 0.05) is 18.7 Å². The zero-order valence-corrected chi connectivity index (χ0v) is 18.3. The number of likely N-dealkylation sites (tertiary alicyclic amines) is 1. The predicted octanol–water partition coefficient (Wildman–Crippen LogP) is 4.27. The van der Waals surface area contributed by atoms with E-state index in [1.54, 1.807) is 19.2 Å². The molecular formula is C20H32Cl2N2O3. The summed E-state index contributed by atoms with van der Waals surface area (Å²) < 4.78 is 11.2. The van der Waals surface area contributed by atoms with E-state index in [-0.39, 0.29) is 18.3 Å². The molecule has 1 heterocycles. The summed E-state index contributed by atoms with van der Waals surface area (Å²) in [6.45, 7) is 7.29. The van der Waals surface area contributed by atoms with Crippen molar-refractivity contribution in [3.8, 4) is 11.5 Å². The topological polar surface area (TPSA) is 50.8 Å². The summed E-state index contributed by atoms with van der Waals surface area (Å²) in [5.74, 6) is 2.08. The van der Waals surface area contributed by atoms with Crippen LogP contribution in [-0.4, -0.2) is 51.2 Å². The molecule has 0 spiro atoms. The van der Waals surface area contributed by atoms with Crippen molar-refractivity contribution in [3.63, 3.8) is 0 Å². The molecule has 0 atom stereocenters. The summed E-state index contributed by atoms with van der Waals surface area (Å²) in [6.07, 6.45) is 3.27. The van der Waals surface area contributed by atoms with Crippen molar-refractivity contribution in [3.05, 3.63) is 22.7 Å². The molecule has 0 bridgehead atoms. The maximum absolute atomic E-state index is 12.9. The highest BCUT2D eigenvalue weighted by molar-refractivity contribution is 6.32. The third kappa shape index (κ3) is 6.74. The van der Waals surface area contributed by atoms with Crippen LogP contribution in [0.25, 0.3) is 0 Å². The van der Waals surface area contributed by atoms with Gasteiger partial charge in [-0.25, -0.2) is 0 Å². The molecule has 0 saturated carbocycles. The molecule has 1 aliphatic rings. The largest absolute Gasteiger partial charge is 0.493 e. The molecule has 1 N–H and O–H groups in total. The first-order valence-corrected chi connectivity index (χ1v) is 9.78. The Bertz CT molecular complexity index is 603.